The van der Waals surface area contributed by atoms with Gasteiger partial charge in [-0.15, -0.1) is 0 Å². The fourth-order valence-electron chi connectivity index (χ4n) is 2.87. The zero-order valence-electron chi connectivity index (χ0n) is 15.3. The molecule has 3 aromatic heterocycles. The molecule has 3 heterocycles. The Morgan fingerprint density at radius 2 is 2.00 bits per heavy atom. The van der Waals surface area contributed by atoms with Crippen LogP contribution >= 0.6 is 0 Å². The first-order valence-electron chi connectivity index (χ1n) is 9.13. The molecule has 0 spiro atoms. The summed E-state index contributed by atoms with van der Waals surface area (Å²) in [4.78, 5) is 24.2. The second kappa shape index (κ2) is 8.45. The molecule has 1 aromatic carbocycles. The first-order valence-corrected chi connectivity index (χ1v) is 9.13. The van der Waals surface area contributed by atoms with Gasteiger partial charge in [-0.2, -0.15) is 5.10 Å². The minimum Gasteiger partial charge on any atom is -0.346 e. The number of para-hydroxylation sites is 2. The first-order chi connectivity index (χ1) is 13.8. The van der Waals surface area contributed by atoms with Crippen molar-refractivity contribution in [2.75, 3.05) is 6.54 Å². The number of carbonyl (C=O) groups is 1. The minimum absolute atomic E-state index is 0.160. The van der Waals surface area contributed by atoms with Gasteiger partial charge in [-0.25, -0.2) is 4.98 Å². The molecule has 0 aliphatic heterocycles. The van der Waals surface area contributed by atoms with Gasteiger partial charge in [0.25, 0.3) is 5.91 Å². The molecule has 0 saturated carbocycles. The van der Waals surface area contributed by atoms with E-state index in [1.165, 1.54) is 0 Å². The number of fused-ring (bicyclic) bond motifs is 1. The van der Waals surface area contributed by atoms with Crippen molar-refractivity contribution in [3.8, 4) is 0 Å². The van der Waals surface area contributed by atoms with Crippen molar-refractivity contribution in [2.24, 2.45) is 0 Å². The number of nitrogens with zero attached hydrogens (tertiary/aromatic N) is 4. The number of H-pyrrole nitrogens is 1. The van der Waals surface area contributed by atoms with Crippen LogP contribution in [0, 0.1) is 0 Å². The Morgan fingerprint density at radius 1 is 1.11 bits per heavy atom. The van der Waals surface area contributed by atoms with Crippen molar-refractivity contribution in [3.63, 3.8) is 0 Å². The zero-order valence-corrected chi connectivity index (χ0v) is 15.3. The Labute approximate surface area is 162 Å². The van der Waals surface area contributed by atoms with E-state index in [2.05, 4.69) is 30.7 Å². The molecule has 1 amide bonds. The topological polar surface area (TPSA) is 101 Å². The minimum atomic E-state index is -0.160. The van der Waals surface area contributed by atoms with Crippen LogP contribution < -0.4 is 10.6 Å². The highest BCUT2D eigenvalue weighted by molar-refractivity contribution is 5.93. The third-order valence-electron chi connectivity index (χ3n) is 4.30. The SMILES string of the molecule is O=C(NCc1ccccn1)c1cnn(CCNCc2nc3ccccc3[nH]2)c1. The van der Waals surface area contributed by atoms with Crippen molar-refractivity contribution < 1.29 is 4.79 Å². The Hall–Kier alpha value is -3.52. The molecule has 142 valence electrons. The van der Waals surface area contributed by atoms with E-state index in [9.17, 15) is 4.79 Å². The molecule has 8 nitrogen and oxygen atoms in total. The first kappa shape index (κ1) is 17.9. The summed E-state index contributed by atoms with van der Waals surface area (Å²) in [5.74, 6) is 0.739. The summed E-state index contributed by atoms with van der Waals surface area (Å²) in [5, 5.41) is 10.4. The third kappa shape index (κ3) is 4.41. The van der Waals surface area contributed by atoms with Crippen LogP contribution in [-0.2, 0) is 19.6 Å². The smallest absolute Gasteiger partial charge is 0.254 e. The maximum Gasteiger partial charge on any atom is 0.254 e. The van der Waals surface area contributed by atoms with Gasteiger partial charge in [-0.05, 0) is 24.3 Å². The maximum absolute atomic E-state index is 12.2. The number of carbonyl (C=O) groups excluding carboxylic acids is 1. The van der Waals surface area contributed by atoms with E-state index in [0.717, 1.165) is 22.6 Å². The molecular formula is C20H21N7O. The molecule has 4 rings (SSSR count). The quantitative estimate of drug-likeness (QED) is 0.408. The maximum atomic E-state index is 12.2. The van der Waals surface area contributed by atoms with Crippen LogP contribution in [0.15, 0.2) is 61.1 Å². The Kier molecular flexibility index (Phi) is 5.39. The van der Waals surface area contributed by atoms with Crippen molar-refractivity contribution in [3.05, 3.63) is 78.1 Å². The Balaban J connectivity index is 1.22. The van der Waals surface area contributed by atoms with Crippen molar-refractivity contribution in [1.82, 2.24) is 35.4 Å². The van der Waals surface area contributed by atoms with Gasteiger partial charge in [0.05, 0.1) is 48.1 Å². The van der Waals surface area contributed by atoms with Crippen LogP contribution in [0.1, 0.15) is 21.9 Å². The van der Waals surface area contributed by atoms with Gasteiger partial charge in [-0.3, -0.25) is 14.5 Å². The van der Waals surface area contributed by atoms with Crippen molar-refractivity contribution in [1.29, 1.82) is 0 Å². The summed E-state index contributed by atoms with van der Waals surface area (Å²) >= 11 is 0. The number of aromatic nitrogens is 5. The summed E-state index contributed by atoms with van der Waals surface area (Å²) < 4.78 is 1.75. The highest BCUT2D eigenvalue weighted by Gasteiger charge is 2.08. The summed E-state index contributed by atoms with van der Waals surface area (Å²) in [7, 11) is 0. The van der Waals surface area contributed by atoms with Crippen molar-refractivity contribution in [2.45, 2.75) is 19.6 Å². The number of benzene rings is 1. The fourth-order valence-corrected chi connectivity index (χ4v) is 2.87. The lowest BCUT2D eigenvalue weighted by molar-refractivity contribution is 0.0950. The van der Waals surface area contributed by atoms with E-state index in [0.29, 0.717) is 31.7 Å². The van der Waals surface area contributed by atoms with Crippen LogP contribution in [0.2, 0.25) is 0 Å². The molecule has 0 atom stereocenters. The van der Waals surface area contributed by atoms with E-state index in [-0.39, 0.29) is 5.91 Å². The van der Waals surface area contributed by atoms with Crippen LogP contribution in [0.5, 0.6) is 0 Å². The number of imidazole rings is 1. The molecule has 28 heavy (non-hydrogen) atoms. The fraction of sp³-hybridized carbons (Fsp3) is 0.200. The second-order valence-electron chi connectivity index (χ2n) is 6.37. The number of pyridine rings is 1. The number of nitrogens with one attached hydrogen (secondary N) is 3. The van der Waals surface area contributed by atoms with E-state index in [1.54, 1.807) is 23.3 Å². The zero-order chi connectivity index (χ0) is 19.2. The molecule has 3 N–H and O–H groups in total. The summed E-state index contributed by atoms with van der Waals surface area (Å²) in [6.45, 7) is 2.42. The molecule has 0 radical (unpaired) electrons. The number of hydrogen-bond acceptors (Lipinski definition) is 5. The second-order valence-corrected chi connectivity index (χ2v) is 6.37. The van der Waals surface area contributed by atoms with Crippen LogP contribution in [0.25, 0.3) is 11.0 Å². The lowest BCUT2D eigenvalue weighted by Gasteiger charge is -2.04. The lowest BCUT2D eigenvalue weighted by atomic mass is 10.3. The van der Waals surface area contributed by atoms with Gasteiger partial charge < -0.3 is 15.6 Å². The van der Waals surface area contributed by atoms with Gasteiger partial charge in [0.15, 0.2) is 0 Å². The molecule has 0 aliphatic carbocycles. The standard InChI is InChI=1S/C20H21N7O/c28-20(23-12-16-5-3-4-8-22-16)15-11-24-27(14-15)10-9-21-13-19-25-17-6-1-2-7-18(17)26-19/h1-8,11,14,21H,9-10,12-13H2,(H,23,28)(H,25,26). The number of amides is 1. The average molecular weight is 375 g/mol. The van der Waals surface area contributed by atoms with E-state index in [4.69, 9.17) is 0 Å². The Bertz CT molecular complexity index is 1020. The van der Waals surface area contributed by atoms with Gasteiger partial charge in [0, 0.05) is 18.9 Å². The molecule has 4 aromatic rings. The van der Waals surface area contributed by atoms with E-state index in [1.807, 2.05) is 42.5 Å². The summed E-state index contributed by atoms with van der Waals surface area (Å²) in [6, 6.07) is 13.6. The van der Waals surface area contributed by atoms with Crippen LogP contribution in [0.4, 0.5) is 0 Å². The molecule has 0 aliphatic rings. The molecule has 0 unspecified atom stereocenters. The molecule has 0 bridgehead atoms. The number of rotatable bonds is 8. The Morgan fingerprint density at radius 3 is 2.86 bits per heavy atom. The van der Waals surface area contributed by atoms with Gasteiger partial charge in [-0.1, -0.05) is 18.2 Å². The van der Waals surface area contributed by atoms with Gasteiger partial charge >= 0.3 is 0 Å². The van der Waals surface area contributed by atoms with Crippen LogP contribution in [-0.4, -0.2) is 37.2 Å². The van der Waals surface area contributed by atoms with Crippen molar-refractivity contribution >= 4 is 16.9 Å². The summed E-state index contributed by atoms with van der Waals surface area (Å²) in [5.41, 5.74) is 3.35. The average Bonchev–Trinajstić information content (AvgIpc) is 3.37. The van der Waals surface area contributed by atoms with Crippen LogP contribution in [0.3, 0.4) is 0 Å². The predicted octanol–water partition coefficient (Wildman–Crippen LogP) is 1.87. The van der Waals surface area contributed by atoms with Gasteiger partial charge in [0.2, 0.25) is 0 Å². The molecular weight excluding hydrogens is 354 g/mol. The third-order valence-corrected chi connectivity index (χ3v) is 4.30. The van der Waals surface area contributed by atoms with E-state index < -0.39 is 0 Å². The highest BCUT2D eigenvalue weighted by Crippen LogP contribution is 2.09. The summed E-state index contributed by atoms with van der Waals surface area (Å²) in [6.07, 6.45) is 5.03. The number of hydrogen-bond donors (Lipinski definition) is 3. The molecule has 0 fully saturated rings. The highest BCUT2D eigenvalue weighted by atomic mass is 16.1. The molecule has 0 saturated heterocycles. The number of aromatic amines is 1. The normalized spacial score (nSPS) is 11.0. The largest absolute Gasteiger partial charge is 0.346 e. The van der Waals surface area contributed by atoms with E-state index >= 15 is 0 Å². The monoisotopic (exact) mass is 375 g/mol. The predicted molar refractivity (Wildman–Crippen MR) is 105 cm³/mol. The lowest BCUT2D eigenvalue weighted by Crippen LogP contribution is -2.23. The van der Waals surface area contributed by atoms with Gasteiger partial charge in [0.1, 0.15) is 5.82 Å². The molecule has 8 heteroatoms.